The Balaban J connectivity index is 1.94. The van der Waals surface area contributed by atoms with Gasteiger partial charge in [-0.25, -0.2) is 0 Å². The molecule has 0 saturated carbocycles. The molecule has 3 rings (SSSR count). The summed E-state index contributed by atoms with van der Waals surface area (Å²) < 4.78 is 37.0. The van der Waals surface area contributed by atoms with Crippen molar-refractivity contribution in [1.29, 1.82) is 0 Å². The van der Waals surface area contributed by atoms with Gasteiger partial charge in [0.05, 0.1) is 12.8 Å². The molecule has 6 nitrogen and oxygen atoms in total. The van der Waals surface area contributed by atoms with Gasteiger partial charge in [0.2, 0.25) is 0 Å². The lowest BCUT2D eigenvalue weighted by Gasteiger charge is -2.13. The van der Waals surface area contributed by atoms with E-state index in [4.69, 9.17) is 4.74 Å². The van der Waals surface area contributed by atoms with Crippen LogP contribution in [-0.2, 0) is 0 Å². The molecule has 1 aromatic heterocycles. The van der Waals surface area contributed by atoms with E-state index in [2.05, 4.69) is 20.0 Å². The van der Waals surface area contributed by atoms with Crippen molar-refractivity contribution in [3.63, 3.8) is 0 Å². The minimum Gasteiger partial charge on any atom is -0.490 e. The number of alkyl halides is 2. The number of benzene rings is 2. The number of halogens is 2. The molecule has 26 heavy (non-hydrogen) atoms. The van der Waals surface area contributed by atoms with E-state index in [1.165, 1.54) is 17.2 Å². The third kappa shape index (κ3) is 4.02. The molecule has 0 N–H and O–H groups in total. The Labute approximate surface area is 148 Å². The minimum atomic E-state index is -2.97. The van der Waals surface area contributed by atoms with Gasteiger partial charge in [-0.2, -0.15) is 18.6 Å². The van der Waals surface area contributed by atoms with Crippen LogP contribution in [0.1, 0.15) is 12.5 Å². The highest BCUT2D eigenvalue weighted by atomic mass is 19.3. The van der Waals surface area contributed by atoms with Crippen LogP contribution in [-0.4, -0.2) is 34.3 Å². The molecule has 0 spiro atoms. The summed E-state index contributed by atoms with van der Waals surface area (Å²) in [4.78, 5) is 0. The Morgan fingerprint density at radius 2 is 1.96 bits per heavy atom. The highest BCUT2D eigenvalue weighted by molar-refractivity contribution is 5.85. The van der Waals surface area contributed by atoms with E-state index in [0.717, 1.165) is 5.56 Å². The van der Waals surface area contributed by atoms with Crippen LogP contribution in [0, 0.1) is 0 Å². The van der Waals surface area contributed by atoms with E-state index in [0.29, 0.717) is 18.0 Å². The molecule has 1 heterocycles. The second kappa shape index (κ2) is 8.19. The Morgan fingerprint density at radius 3 is 2.69 bits per heavy atom. The second-order valence-electron chi connectivity index (χ2n) is 5.10. The first-order chi connectivity index (χ1) is 12.7. The third-order valence-corrected chi connectivity index (χ3v) is 3.40. The summed E-state index contributed by atoms with van der Waals surface area (Å²) in [5.41, 5.74) is 1.18. The fraction of sp³-hybridized carbons (Fsp3) is 0.167. The third-order valence-electron chi connectivity index (χ3n) is 3.40. The zero-order valence-corrected chi connectivity index (χ0v) is 13.9. The van der Waals surface area contributed by atoms with Crippen molar-refractivity contribution in [3.8, 4) is 22.9 Å². The highest BCUT2D eigenvalue weighted by Gasteiger charge is 2.15. The average molecular weight is 358 g/mol. The van der Waals surface area contributed by atoms with Crippen LogP contribution >= 0.6 is 0 Å². The van der Waals surface area contributed by atoms with E-state index in [1.54, 1.807) is 25.1 Å². The first kappa shape index (κ1) is 17.5. The van der Waals surface area contributed by atoms with E-state index >= 15 is 0 Å². The predicted octanol–water partition coefficient (Wildman–Crippen LogP) is 3.83. The van der Waals surface area contributed by atoms with Crippen molar-refractivity contribution >= 4 is 6.21 Å². The Kier molecular flexibility index (Phi) is 5.52. The van der Waals surface area contributed by atoms with Crippen molar-refractivity contribution in [2.75, 3.05) is 6.61 Å². The molecule has 8 heteroatoms. The van der Waals surface area contributed by atoms with E-state index < -0.39 is 6.61 Å². The summed E-state index contributed by atoms with van der Waals surface area (Å²) in [7, 11) is 0. The van der Waals surface area contributed by atoms with Crippen molar-refractivity contribution in [2.24, 2.45) is 5.10 Å². The number of hydrogen-bond acceptors (Lipinski definition) is 5. The number of ether oxygens (including phenoxy) is 2. The summed E-state index contributed by atoms with van der Waals surface area (Å²) in [6.45, 7) is -0.890. The fourth-order valence-electron chi connectivity index (χ4n) is 2.33. The molecule has 0 aliphatic heterocycles. The SMILES string of the molecule is CCOc1cccc(/C=N\n2cnnc2-c2ccccc2)c1OC(F)F. The highest BCUT2D eigenvalue weighted by Crippen LogP contribution is 2.32. The molecular weight excluding hydrogens is 342 g/mol. The molecule has 0 unspecified atom stereocenters. The first-order valence-electron chi connectivity index (χ1n) is 7.89. The average Bonchev–Trinajstić information content (AvgIpc) is 3.11. The normalized spacial score (nSPS) is 11.2. The van der Waals surface area contributed by atoms with Crippen LogP contribution in [0.2, 0.25) is 0 Å². The molecule has 0 amide bonds. The Hall–Kier alpha value is -3.29. The van der Waals surface area contributed by atoms with Crippen molar-refractivity contribution < 1.29 is 18.3 Å². The van der Waals surface area contributed by atoms with Gasteiger partial charge in [-0.15, -0.1) is 10.2 Å². The standard InChI is InChI=1S/C18H16F2N4O2/c1-2-25-15-10-6-9-14(16(15)26-18(19)20)11-22-24-12-21-23-17(24)13-7-4-3-5-8-13/h3-12,18H,2H2,1H3/b22-11-. The lowest BCUT2D eigenvalue weighted by molar-refractivity contribution is -0.0515. The van der Waals surface area contributed by atoms with Crippen molar-refractivity contribution in [2.45, 2.75) is 13.5 Å². The number of para-hydroxylation sites is 1. The molecule has 0 aliphatic rings. The van der Waals surface area contributed by atoms with Gasteiger partial charge >= 0.3 is 6.61 Å². The van der Waals surface area contributed by atoms with Gasteiger partial charge < -0.3 is 9.47 Å². The van der Waals surface area contributed by atoms with E-state index in [-0.39, 0.29) is 11.5 Å². The second-order valence-corrected chi connectivity index (χ2v) is 5.10. The molecule has 3 aromatic rings. The lowest BCUT2D eigenvalue weighted by Crippen LogP contribution is -2.07. The van der Waals surface area contributed by atoms with Gasteiger partial charge in [0.25, 0.3) is 0 Å². The largest absolute Gasteiger partial charge is 0.490 e. The lowest BCUT2D eigenvalue weighted by atomic mass is 10.2. The van der Waals surface area contributed by atoms with E-state index in [1.807, 2.05) is 30.3 Å². The maximum absolute atomic E-state index is 12.8. The van der Waals surface area contributed by atoms with Crippen LogP contribution in [0.4, 0.5) is 8.78 Å². The maximum Gasteiger partial charge on any atom is 0.387 e. The molecule has 134 valence electrons. The fourth-order valence-corrected chi connectivity index (χ4v) is 2.33. The Bertz CT molecular complexity index is 882. The molecule has 0 saturated heterocycles. The Morgan fingerprint density at radius 1 is 1.15 bits per heavy atom. The first-order valence-corrected chi connectivity index (χ1v) is 7.89. The molecule has 0 radical (unpaired) electrons. The van der Waals surface area contributed by atoms with Gasteiger partial charge in [0.15, 0.2) is 17.3 Å². The number of rotatable bonds is 7. The summed E-state index contributed by atoms with van der Waals surface area (Å²) in [6, 6.07) is 14.2. The molecular formula is C18H16F2N4O2. The smallest absolute Gasteiger partial charge is 0.387 e. The van der Waals surface area contributed by atoms with Crippen LogP contribution in [0.3, 0.4) is 0 Å². The van der Waals surface area contributed by atoms with Gasteiger partial charge in [0, 0.05) is 11.1 Å². The zero-order chi connectivity index (χ0) is 18.4. The number of hydrogen-bond donors (Lipinski definition) is 0. The number of nitrogens with zero attached hydrogens (tertiary/aromatic N) is 4. The quantitative estimate of drug-likeness (QED) is 0.602. The van der Waals surface area contributed by atoms with Crippen LogP contribution in [0.25, 0.3) is 11.4 Å². The molecule has 2 aromatic carbocycles. The summed E-state index contributed by atoms with van der Waals surface area (Å²) in [5.74, 6) is 0.686. The van der Waals surface area contributed by atoms with Gasteiger partial charge in [0.1, 0.15) is 6.33 Å². The topological polar surface area (TPSA) is 61.5 Å². The molecule has 0 fully saturated rings. The minimum absolute atomic E-state index is 0.0672. The summed E-state index contributed by atoms with van der Waals surface area (Å²) in [6.07, 6.45) is 2.83. The van der Waals surface area contributed by atoms with Gasteiger partial charge in [-0.3, -0.25) is 0 Å². The molecule has 0 atom stereocenters. The van der Waals surface area contributed by atoms with Crippen LogP contribution < -0.4 is 9.47 Å². The van der Waals surface area contributed by atoms with Gasteiger partial charge in [-0.1, -0.05) is 36.4 Å². The summed E-state index contributed by atoms with van der Waals surface area (Å²) in [5, 5.41) is 12.2. The predicted molar refractivity (Wildman–Crippen MR) is 92.7 cm³/mol. The molecule has 0 aliphatic carbocycles. The van der Waals surface area contributed by atoms with Crippen LogP contribution in [0.15, 0.2) is 60.0 Å². The monoisotopic (exact) mass is 358 g/mol. The van der Waals surface area contributed by atoms with Crippen molar-refractivity contribution in [1.82, 2.24) is 14.9 Å². The maximum atomic E-state index is 12.8. The van der Waals surface area contributed by atoms with Crippen molar-refractivity contribution in [3.05, 3.63) is 60.4 Å². The molecule has 0 bridgehead atoms. The van der Waals surface area contributed by atoms with Crippen LogP contribution in [0.5, 0.6) is 11.5 Å². The zero-order valence-electron chi connectivity index (χ0n) is 13.9. The number of aromatic nitrogens is 3. The van der Waals surface area contributed by atoms with E-state index in [9.17, 15) is 8.78 Å². The van der Waals surface area contributed by atoms with Gasteiger partial charge in [-0.05, 0) is 19.1 Å². The summed E-state index contributed by atoms with van der Waals surface area (Å²) >= 11 is 0.